The number of nitrogen functional groups attached to an aromatic ring is 1. The van der Waals surface area contributed by atoms with Crippen molar-refractivity contribution in [2.75, 3.05) is 37.2 Å². The maximum Gasteiger partial charge on any atom is 0.338 e. The summed E-state index contributed by atoms with van der Waals surface area (Å²) in [5.41, 5.74) is 5.99. The van der Waals surface area contributed by atoms with Crippen molar-refractivity contribution in [3.8, 4) is 0 Å². The third kappa shape index (κ3) is 4.38. The SMILES string of the molecule is CCN(CC)CCCNc1cc(F)c(C(=O)O)cc1N. The van der Waals surface area contributed by atoms with E-state index >= 15 is 0 Å². The van der Waals surface area contributed by atoms with Gasteiger partial charge < -0.3 is 21.1 Å². The van der Waals surface area contributed by atoms with Crippen LogP contribution in [0.15, 0.2) is 12.1 Å². The van der Waals surface area contributed by atoms with Gasteiger partial charge in [-0.15, -0.1) is 0 Å². The molecule has 112 valence electrons. The van der Waals surface area contributed by atoms with Gasteiger partial charge in [0.1, 0.15) is 5.82 Å². The van der Waals surface area contributed by atoms with Crippen LogP contribution in [0.4, 0.5) is 15.8 Å². The Morgan fingerprint density at radius 1 is 1.40 bits per heavy atom. The van der Waals surface area contributed by atoms with Gasteiger partial charge in [-0.05, 0) is 38.2 Å². The maximum absolute atomic E-state index is 13.5. The van der Waals surface area contributed by atoms with E-state index in [4.69, 9.17) is 10.8 Å². The molecule has 0 aromatic heterocycles. The van der Waals surface area contributed by atoms with E-state index < -0.39 is 17.3 Å². The van der Waals surface area contributed by atoms with Gasteiger partial charge in [0, 0.05) is 6.54 Å². The monoisotopic (exact) mass is 283 g/mol. The molecule has 0 aliphatic rings. The van der Waals surface area contributed by atoms with Crippen molar-refractivity contribution in [3.63, 3.8) is 0 Å². The van der Waals surface area contributed by atoms with Gasteiger partial charge in [0.15, 0.2) is 0 Å². The van der Waals surface area contributed by atoms with E-state index in [-0.39, 0.29) is 5.69 Å². The van der Waals surface area contributed by atoms with Gasteiger partial charge in [-0.2, -0.15) is 0 Å². The Kier molecular flexibility index (Phi) is 6.24. The number of hydrogen-bond donors (Lipinski definition) is 3. The Morgan fingerprint density at radius 3 is 2.60 bits per heavy atom. The number of benzene rings is 1. The molecule has 0 radical (unpaired) electrons. The van der Waals surface area contributed by atoms with E-state index in [9.17, 15) is 9.18 Å². The van der Waals surface area contributed by atoms with E-state index in [1.165, 1.54) is 0 Å². The van der Waals surface area contributed by atoms with Crippen molar-refractivity contribution in [1.29, 1.82) is 0 Å². The number of nitrogens with one attached hydrogen (secondary N) is 1. The summed E-state index contributed by atoms with van der Waals surface area (Å²) < 4.78 is 13.5. The summed E-state index contributed by atoms with van der Waals surface area (Å²) in [6.45, 7) is 7.83. The predicted octanol–water partition coefficient (Wildman–Crippen LogP) is 2.25. The topological polar surface area (TPSA) is 78.6 Å². The third-order valence-corrected chi connectivity index (χ3v) is 3.23. The molecular formula is C14H22FN3O2. The molecule has 4 N–H and O–H groups in total. The van der Waals surface area contributed by atoms with Crippen LogP contribution in [0.3, 0.4) is 0 Å². The first kappa shape index (κ1) is 16.2. The lowest BCUT2D eigenvalue weighted by atomic mass is 10.1. The van der Waals surface area contributed by atoms with Crippen LogP contribution in [0.1, 0.15) is 30.6 Å². The van der Waals surface area contributed by atoms with Gasteiger partial charge in [0.2, 0.25) is 0 Å². The maximum atomic E-state index is 13.5. The smallest absolute Gasteiger partial charge is 0.338 e. The lowest BCUT2D eigenvalue weighted by Gasteiger charge is -2.18. The van der Waals surface area contributed by atoms with Crippen molar-refractivity contribution < 1.29 is 14.3 Å². The number of nitrogens with two attached hydrogens (primary N) is 1. The van der Waals surface area contributed by atoms with Crippen LogP contribution in [0.2, 0.25) is 0 Å². The standard InChI is InChI=1S/C14H22FN3O2/c1-3-18(4-2)7-5-6-17-13-9-11(15)10(14(19)20)8-12(13)16/h8-9,17H,3-7,16H2,1-2H3,(H,19,20). The summed E-state index contributed by atoms with van der Waals surface area (Å²) in [7, 11) is 0. The third-order valence-electron chi connectivity index (χ3n) is 3.23. The molecule has 0 amide bonds. The van der Waals surface area contributed by atoms with Crippen LogP contribution in [-0.2, 0) is 0 Å². The summed E-state index contributed by atoms with van der Waals surface area (Å²) in [6.07, 6.45) is 0.906. The Bertz CT molecular complexity index is 462. The number of nitrogens with zero attached hydrogens (tertiary/aromatic N) is 1. The van der Waals surface area contributed by atoms with Crippen LogP contribution in [-0.4, -0.2) is 42.2 Å². The molecule has 0 spiro atoms. The fraction of sp³-hybridized carbons (Fsp3) is 0.500. The fourth-order valence-corrected chi connectivity index (χ4v) is 1.97. The molecule has 6 heteroatoms. The highest BCUT2D eigenvalue weighted by Gasteiger charge is 2.13. The molecule has 0 fully saturated rings. The number of carboxylic acid groups (broad SMARTS) is 1. The first-order valence-electron chi connectivity index (χ1n) is 6.78. The molecule has 1 rings (SSSR count). The van der Waals surface area contributed by atoms with Gasteiger partial charge >= 0.3 is 5.97 Å². The zero-order chi connectivity index (χ0) is 15.1. The molecule has 0 heterocycles. The van der Waals surface area contributed by atoms with Crippen molar-refractivity contribution >= 4 is 17.3 Å². The van der Waals surface area contributed by atoms with E-state index in [1.807, 2.05) is 0 Å². The van der Waals surface area contributed by atoms with Gasteiger partial charge in [0.05, 0.1) is 16.9 Å². The highest BCUT2D eigenvalue weighted by molar-refractivity contribution is 5.90. The lowest BCUT2D eigenvalue weighted by molar-refractivity contribution is 0.0692. The summed E-state index contributed by atoms with van der Waals surface area (Å²) in [4.78, 5) is 13.1. The zero-order valence-electron chi connectivity index (χ0n) is 11.9. The van der Waals surface area contributed by atoms with Gasteiger partial charge in [-0.25, -0.2) is 9.18 Å². The van der Waals surface area contributed by atoms with Crippen molar-refractivity contribution in [1.82, 2.24) is 4.90 Å². The molecule has 0 unspecified atom stereocenters. The van der Waals surface area contributed by atoms with E-state index in [0.717, 1.165) is 38.2 Å². The minimum Gasteiger partial charge on any atom is -0.478 e. The average Bonchev–Trinajstić information content (AvgIpc) is 2.41. The highest BCUT2D eigenvalue weighted by atomic mass is 19.1. The van der Waals surface area contributed by atoms with Gasteiger partial charge in [0.25, 0.3) is 0 Å². The van der Waals surface area contributed by atoms with E-state index in [2.05, 4.69) is 24.1 Å². The number of aromatic carboxylic acids is 1. The molecule has 1 aromatic carbocycles. The summed E-state index contributed by atoms with van der Waals surface area (Å²) in [6, 6.07) is 2.28. The van der Waals surface area contributed by atoms with E-state index in [1.54, 1.807) is 0 Å². The molecule has 1 aromatic rings. The second kappa shape index (κ2) is 7.69. The van der Waals surface area contributed by atoms with Gasteiger partial charge in [-0.3, -0.25) is 0 Å². The van der Waals surface area contributed by atoms with Crippen LogP contribution in [0.25, 0.3) is 0 Å². The molecule has 0 atom stereocenters. The average molecular weight is 283 g/mol. The van der Waals surface area contributed by atoms with Crippen molar-refractivity contribution in [3.05, 3.63) is 23.5 Å². The number of anilines is 2. The number of halogens is 1. The zero-order valence-corrected chi connectivity index (χ0v) is 11.9. The summed E-state index contributed by atoms with van der Waals surface area (Å²) in [5.74, 6) is -2.10. The molecule has 5 nitrogen and oxygen atoms in total. The number of carbonyl (C=O) groups is 1. The molecule has 0 aliphatic heterocycles. The molecular weight excluding hydrogens is 261 g/mol. The van der Waals surface area contributed by atoms with Crippen LogP contribution in [0.5, 0.6) is 0 Å². The lowest BCUT2D eigenvalue weighted by Crippen LogP contribution is -2.25. The quantitative estimate of drug-likeness (QED) is 0.504. The first-order chi connectivity index (χ1) is 9.49. The van der Waals surface area contributed by atoms with Crippen LogP contribution < -0.4 is 11.1 Å². The Hall–Kier alpha value is -1.82. The number of carboxylic acids is 1. The predicted molar refractivity (Wildman–Crippen MR) is 78.7 cm³/mol. The molecule has 0 saturated carbocycles. The second-order valence-corrected chi connectivity index (χ2v) is 4.53. The second-order valence-electron chi connectivity index (χ2n) is 4.53. The largest absolute Gasteiger partial charge is 0.478 e. The molecule has 20 heavy (non-hydrogen) atoms. The minimum absolute atomic E-state index is 0.242. The molecule has 0 aliphatic carbocycles. The van der Waals surface area contributed by atoms with Gasteiger partial charge in [-0.1, -0.05) is 13.8 Å². The first-order valence-corrected chi connectivity index (χ1v) is 6.78. The Labute approximate surface area is 118 Å². The van der Waals surface area contributed by atoms with Crippen molar-refractivity contribution in [2.24, 2.45) is 0 Å². The van der Waals surface area contributed by atoms with Crippen LogP contribution in [0, 0.1) is 5.82 Å². The number of hydrogen-bond acceptors (Lipinski definition) is 4. The molecule has 0 saturated heterocycles. The normalized spacial score (nSPS) is 10.8. The summed E-state index contributed by atoms with van der Waals surface area (Å²) in [5, 5.41) is 11.8. The van der Waals surface area contributed by atoms with Crippen LogP contribution >= 0.6 is 0 Å². The van der Waals surface area contributed by atoms with Crippen molar-refractivity contribution in [2.45, 2.75) is 20.3 Å². The Balaban J connectivity index is 2.57. The Morgan fingerprint density at radius 2 is 2.05 bits per heavy atom. The highest BCUT2D eigenvalue weighted by Crippen LogP contribution is 2.23. The summed E-state index contributed by atoms with van der Waals surface area (Å²) >= 11 is 0. The molecule has 0 bridgehead atoms. The minimum atomic E-state index is -1.32. The number of rotatable bonds is 8. The van der Waals surface area contributed by atoms with E-state index in [0.29, 0.717) is 12.2 Å². The fourth-order valence-electron chi connectivity index (χ4n) is 1.97.